The summed E-state index contributed by atoms with van der Waals surface area (Å²) in [6, 6.07) is 37.2. The smallest absolute Gasteiger partial charge is 0.255 e. The van der Waals surface area contributed by atoms with Crippen LogP contribution in [0.1, 0.15) is 15.9 Å². The lowest BCUT2D eigenvalue weighted by molar-refractivity contribution is 0.0968. The van der Waals surface area contributed by atoms with Crippen LogP contribution in [0.15, 0.2) is 127 Å². The molecule has 0 aliphatic heterocycles. The zero-order valence-corrected chi connectivity index (χ0v) is 17.8. The van der Waals surface area contributed by atoms with Crippen molar-refractivity contribution in [3.05, 3.63) is 138 Å². The Hall–Kier alpha value is -3.68. The Bertz CT molecular complexity index is 1180. The first-order valence-electron chi connectivity index (χ1n) is 10.0. The fraction of sp³-hybridized carbons (Fsp3) is 0. The predicted octanol–water partition coefficient (Wildman–Crippen LogP) is 5.43. The van der Waals surface area contributed by atoms with Gasteiger partial charge in [0, 0.05) is 16.2 Å². The minimum absolute atomic E-state index is 0.296. The molecule has 0 aliphatic rings. The van der Waals surface area contributed by atoms with E-state index in [1.807, 2.05) is 115 Å². The summed E-state index contributed by atoms with van der Waals surface area (Å²) in [5.74, 6) is -0.296. The highest BCUT2D eigenvalue weighted by molar-refractivity contribution is 7.82. The second-order valence-electron chi connectivity index (χ2n) is 7.04. The summed E-state index contributed by atoms with van der Waals surface area (Å²) in [4.78, 5) is 13.1. The molecule has 0 radical (unpaired) electrons. The molecule has 1 amide bonds. The molecule has 0 heterocycles. The van der Waals surface area contributed by atoms with Gasteiger partial charge in [0.05, 0.1) is 5.44 Å². The quantitative estimate of drug-likeness (QED) is 0.421. The predicted molar refractivity (Wildman–Crippen MR) is 128 cm³/mol. The van der Waals surface area contributed by atoms with Crippen LogP contribution in [0.2, 0.25) is 0 Å². The maximum absolute atomic E-state index is 14.8. The standard InChI is InChI=1S/C27H22NO2P/c29-27(23-15-7-2-8-16-23)28-26(21-22-13-5-1-6-14-22)31(30,24-17-9-3-10-18-24)25-19-11-4-12-20-25/h1-21H,(H,28,29)/b26-21+. The van der Waals surface area contributed by atoms with Crippen LogP contribution in [0.25, 0.3) is 6.08 Å². The summed E-state index contributed by atoms with van der Waals surface area (Å²) in [6.45, 7) is 0. The molecule has 0 aromatic heterocycles. The zero-order valence-electron chi connectivity index (χ0n) is 16.9. The van der Waals surface area contributed by atoms with Gasteiger partial charge in [-0.1, -0.05) is 109 Å². The van der Waals surface area contributed by atoms with E-state index >= 15 is 0 Å². The number of benzene rings is 4. The fourth-order valence-electron chi connectivity index (χ4n) is 3.39. The van der Waals surface area contributed by atoms with E-state index in [1.165, 1.54) is 0 Å². The van der Waals surface area contributed by atoms with Gasteiger partial charge in [0.25, 0.3) is 5.91 Å². The molecule has 0 saturated carbocycles. The molecule has 4 rings (SSSR count). The average Bonchev–Trinajstić information content (AvgIpc) is 2.85. The Morgan fingerprint density at radius 1 is 0.613 bits per heavy atom. The number of amides is 1. The summed E-state index contributed by atoms with van der Waals surface area (Å²) in [5.41, 5.74) is 1.75. The topological polar surface area (TPSA) is 46.2 Å². The molecule has 0 saturated heterocycles. The minimum atomic E-state index is -3.34. The van der Waals surface area contributed by atoms with Crippen LogP contribution >= 0.6 is 7.14 Å². The highest BCUT2D eigenvalue weighted by Crippen LogP contribution is 2.51. The number of rotatable bonds is 6. The van der Waals surface area contributed by atoms with E-state index in [9.17, 15) is 9.36 Å². The van der Waals surface area contributed by atoms with E-state index in [0.29, 0.717) is 21.6 Å². The van der Waals surface area contributed by atoms with Crippen molar-refractivity contribution in [2.75, 3.05) is 0 Å². The lowest BCUT2D eigenvalue weighted by Gasteiger charge is -2.23. The summed E-state index contributed by atoms with van der Waals surface area (Å²) < 4.78 is 14.8. The van der Waals surface area contributed by atoms with Crippen LogP contribution < -0.4 is 15.9 Å². The molecular formula is C27H22NO2P. The van der Waals surface area contributed by atoms with Crippen molar-refractivity contribution >= 4 is 29.7 Å². The highest BCUT2D eigenvalue weighted by atomic mass is 31.2. The average molecular weight is 423 g/mol. The van der Waals surface area contributed by atoms with Crippen LogP contribution in [-0.4, -0.2) is 5.91 Å². The molecule has 0 spiro atoms. The molecule has 4 heteroatoms. The maximum atomic E-state index is 14.8. The lowest BCUT2D eigenvalue weighted by Crippen LogP contribution is -2.29. The number of carbonyl (C=O) groups is 1. The van der Waals surface area contributed by atoms with Crippen LogP contribution in [0.4, 0.5) is 0 Å². The third-order valence-corrected chi connectivity index (χ3v) is 7.93. The molecule has 0 unspecified atom stereocenters. The van der Waals surface area contributed by atoms with Crippen molar-refractivity contribution in [2.45, 2.75) is 0 Å². The van der Waals surface area contributed by atoms with Gasteiger partial charge in [-0.25, -0.2) is 0 Å². The van der Waals surface area contributed by atoms with Crippen LogP contribution in [0, 0.1) is 0 Å². The van der Waals surface area contributed by atoms with E-state index < -0.39 is 7.14 Å². The third kappa shape index (κ3) is 4.58. The first-order valence-corrected chi connectivity index (χ1v) is 11.7. The Kier molecular flexibility index (Phi) is 6.26. The Balaban J connectivity index is 1.90. The van der Waals surface area contributed by atoms with Gasteiger partial charge in [0.15, 0.2) is 7.14 Å². The molecule has 4 aromatic rings. The van der Waals surface area contributed by atoms with Gasteiger partial charge in [-0.05, 0) is 23.8 Å². The van der Waals surface area contributed by atoms with Gasteiger partial charge in [0.1, 0.15) is 0 Å². The first-order chi connectivity index (χ1) is 15.2. The van der Waals surface area contributed by atoms with Crippen molar-refractivity contribution in [1.82, 2.24) is 5.32 Å². The number of nitrogens with one attached hydrogen (secondary N) is 1. The van der Waals surface area contributed by atoms with Crippen LogP contribution in [0.3, 0.4) is 0 Å². The molecule has 0 fully saturated rings. The Morgan fingerprint density at radius 2 is 1.03 bits per heavy atom. The van der Waals surface area contributed by atoms with Crippen molar-refractivity contribution in [2.24, 2.45) is 0 Å². The normalized spacial score (nSPS) is 11.7. The highest BCUT2D eigenvalue weighted by Gasteiger charge is 2.33. The van der Waals surface area contributed by atoms with Crippen molar-refractivity contribution in [1.29, 1.82) is 0 Å². The minimum Gasteiger partial charge on any atom is -0.318 e. The monoisotopic (exact) mass is 423 g/mol. The number of carbonyl (C=O) groups excluding carboxylic acids is 1. The van der Waals surface area contributed by atoms with E-state index in [-0.39, 0.29) is 5.91 Å². The van der Waals surface area contributed by atoms with Gasteiger partial charge < -0.3 is 9.88 Å². The third-order valence-electron chi connectivity index (χ3n) is 4.96. The van der Waals surface area contributed by atoms with Crippen molar-refractivity contribution in [3.63, 3.8) is 0 Å². The van der Waals surface area contributed by atoms with E-state index in [4.69, 9.17) is 0 Å². The summed E-state index contributed by atoms with van der Waals surface area (Å²) in [5, 5.41) is 4.31. The second-order valence-corrected chi connectivity index (χ2v) is 9.77. The number of hydrogen-bond donors (Lipinski definition) is 1. The van der Waals surface area contributed by atoms with E-state index in [1.54, 1.807) is 12.1 Å². The van der Waals surface area contributed by atoms with Gasteiger partial charge in [-0.2, -0.15) is 0 Å². The molecule has 0 aliphatic carbocycles. The maximum Gasteiger partial charge on any atom is 0.255 e. The molecule has 1 N–H and O–H groups in total. The lowest BCUT2D eigenvalue weighted by atomic mass is 10.2. The fourth-order valence-corrected chi connectivity index (χ4v) is 6.02. The summed E-state index contributed by atoms with van der Waals surface area (Å²) in [7, 11) is -3.34. The Labute approximate surface area is 182 Å². The molecular weight excluding hydrogens is 401 g/mol. The molecule has 31 heavy (non-hydrogen) atoms. The van der Waals surface area contributed by atoms with Crippen molar-refractivity contribution < 1.29 is 9.36 Å². The molecule has 4 aromatic carbocycles. The zero-order chi connectivity index (χ0) is 21.5. The van der Waals surface area contributed by atoms with E-state index in [2.05, 4.69) is 5.32 Å². The number of hydrogen-bond acceptors (Lipinski definition) is 2. The van der Waals surface area contributed by atoms with Gasteiger partial charge in [-0.3, -0.25) is 4.79 Å². The van der Waals surface area contributed by atoms with Crippen LogP contribution in [0.5, 0.6) is 0 Å². The largest absolute Gasteiger partial charge is 0.318 e. The first kappa shape index (κ1) is 20.6. The van der Waals surface area contributed by atoms with E-state index in [0.717, 1.165) is 5.56 Å². The van der Waals surface area contributed by atoms with Gasteiger partial charge >= 0.3 is 0 Å². The van der Waals surface area contributed by atoms with Gasteiger partial charge in [0.2, 0.25) is 0 Å². The molecule has 0 bridgehead atoms. The summed E-state index contributed by atoms with van der Waals surface area (Å²) >= 11 is 0. The SMILES string of the molecule is O=C(N/C(=C\c1ccccc1)P(=O)(c1ccccc1)c1ccccc1)c1ccccc1. The molecule has 0 atom stereocenters. The van der Waals surface area contributed by atoms with Gasteiger partial charge in [-0.15, -0.1) is 0 Å². The Morgan fingerprint density at radius 3 is 1.52 bits per heavy atom. The van der Waals surface area contributed by atoms with Crippen LogP contribution in [-0.2, 0) is 4.57 Å². The second kappa shape index (κ2) is 9.42. The molecule has 152 valence electrons. The summed E-state index contributed by atoms with van der Waals surface area (Å²) in [6.07, 6.45) is 1.81. The van der Waals surface area contributed by atoms with Crippen molar-refractivity contribution in [3.8, 4) is 0 Å². The molecule has 3 nitrogen and oxygen atoms in total.